The average molecular weight is 340 g/mol. The topological polar surface area (TPSA) is 84.3 Å². The SMILES string of the molecule is Cc1cc(CN2CCN(Cc3nc(-c4cccnc4)no3)CC2)on1. The van der Waals surface area contributed by atoms with Crippen LogP contribution in [0.1, 0.15) is 17.3 Å². The van der Waals surface area contributed by atoms with Crippen LogP contribution in [0, 0.1) is 6.92 Å². The molecule has 0 amide bonds. The summed E-state index contributed by atoms with van der Waals surface area (Å²) in [5.74, 6) is 2.14. The van der Waals surface area contributed by atoms with Gasteiger partial charge in [0.2, 0.25) is 11.7 Å². The molecule has 1 fully saturated rings. The lowest BCUT2D eigenvalue weighted by Crippen LogP contribution is -2.45. The molecule has 25 heavy (non-hydrogen) atoms. The van der Waals surface area contributed by atoms with E-state index < -0.39 is 0 Å². The summed E-state index contributed by atoms with van der Waals surface area (Å²) in [6, 6.07) is 5.77. The predicted octanol–water partition coefficient (Wildman–Crippen LogP) is 1.75. The summed E-state index contributed by atoms with van der Waals surface area (Å²) in [5.41, 5.74) is 1.79. The van der Waals surface area contributed by atoms with E-state index in [1.165, 1.54) is 0 Å². The highest BCUT2D eigenvalue weighted by atomic mass is 16.5. The van der Waals surface area contributed by atoms with Gasteiger partial charge in [0.25, 0.3) is 0 Å². The molecule has 0 radical (unpaired) electrons. The normalized spacial score (nSPS) is 16.4. The largest absolute Gasteiger partial charge is 0.360 e. The summed E-state index contributed by atoms with van der Waals surface area (Å²) in [4.78, 5) is 13.2. The number of aromatic nitrogens is 4. The van der Waals surface area contributed by atoms with Crippen LogP contribution in [-0.4, -0.2) is 56.3 Å². The fraction of sp³-hybridized carbons (Fsp3) is 0.412. The molecule has 3 aromatic rings. The Morgan fingerprint density at radius 2 is 1.84 bits per heavy atom. The van der Waals surface area contributed by atoms with Crippen LogP contribution >= 0.6 is 0 Å². The van der Waals surface area contributed by atoms with Crippen molar-refractivity contribution >= 4 is 0 Å². The van der Waals surface area contributed by atoms with E-state index in [4.69, 9.17) is 9.05 Å². The standard InChI is InChI=1S/C17H20N6O2/c1-13-9-15(24-20-13)11-22-5-7-23(8-6-22)12-16-19-17(21-25-16)14-3-2-4-18-10-14/h2-4,9-10H,5-8,11-12H2,1H3. The number of hydrogen-bond acceptors (Lipinski definition) is 8. The van der Waals surface area contributed by atoms with Gasteiger partial charge in [-0.3, -0.25) is 14.8 Å². The van der Waals surface area contributed by atoms with Crippen molar-refractivity contribution < 1.29 is 9.05 Å². The highest BCUT2D eigenvalue weighted by molar-refractivity contribution is 5.51. The first-order chi connectivity index (χ1) is 12.3. The lowest BCUT2D eigenvalue weighted by molar-refractivity contribution is 0.105. The molecule has 4 heterocycles. The molecule has 3 aromatic heterocycles. The minimum Gasteiger partial charge on any atom is -0.360 e. The molecule has 0 saturated carbocycles. The van der Waals surface area contributed by atoms with E-state index in [1.54, 1.807) is 12.4 Å². The maximum atomic E-state index is 5.38. The van der Waals surface area contributed by atoms with Crippen molar-refractivity contribution in [3.63, 3.8) is 0 Å². The third-order valence-electron chi connectivity index (χ3n) is 4.27. The second-order valence-corrected chi connectivity index (χ2v) is 6.24. The molecule has 0 N–H and O–H groups in total. The molecule has 0 bridgehead atoms. The molecule has 8 heteroatoms. The maximum Gasteiger partial charge on any atom is 0.241 e. The summed E-state index contributed by atoms with van der Waals surface area (Å²) in [7, 11) is 0. The van der Waals surface area contributed by atoms with E-state index in [1.807, 2.05) is 25.1 Å². The van der Waals surface area contributed by atoms with Gasteiger partial charge >= 0.3 is 0 Å². The lowest BCUT2D eigenvalue weighted by atomic mass is 10.3. The Labute approximate surface area is 145 Å². The highest BCUT2D eigenvalue weighted by Crippen LogP contribution is 2.16. The van der Waals surface area contributed by atoms with Gasteiger partial charge in [-0.1, -0.05) is 10.3 Å². The molecule has 1 saturated heterocycles. The van der Waals surface area contributed by atoms with Crippen molar-refractivity contribution in [1.29, 1.82) is 0 Å². The molecule has 1 aliphatic rings. The molecule has 8 nitrogen and oxygen atoms in total. The zero-order valence-electron chi connectivity index (χ0n) is 14.1. The van der Waals surface area contributed by atoms with E-state index in [0.29, 0.717) is 18.3 Å². The van der Waals surface area contributed by atoms with Gasteiger partial charge in [-0.25, -0.2) is 0 Å². The molecule has 0 aliphatic carbocycles. The molecule has 0 atom stereocenters. The summed E-state index contributed by atoms with van der Waals surface area (Å²) in [5, 5.41) is 7.98. The summed E-state index contributed by atoms with van der Waals surface area (Å²) >= 11 is 0. The number of piperazine rings is 1. The minimum atomic E-state index is 0.586. The number of pyridine rings is 1. The van der Waals surface area contributed by atoms with Crippen molar-refractivity contribution in [2.24, 2.45) is 0 Å². The smallest absolute Gasteiger partial charge is 0.241 e. The zero-order chi connectivity index (χ0) is 17.1. The van der Waals surface area contributed by atoms with Crippen LogP contribution in [0.3, 0.4) is 0 Å². The van der Waals surface area contributed by atoms with Crippen LogP contribution in [-0.2, 0) is 13.1 Å². The number of nitrogens with zero attached hydrogens (tertiary/aromatic N) is 6. The fourth-order valence-corrected chi connectivity index (χ4v) is 2.94. The van der Waals surface area contributed by atoms with E-state index in [0.717, 1.165) is 49.7 Å². The van der Waals surface area contributed by atoms with Gasteiger partial charge in [0, 0.05) is 50.2 Å². The van der Waals surface area contributed by atoms with Gasteiger partial charge in [-0.05, 0) is 19.1 Å². The van der Waals surface area contributed by atoms with E-state index >= 15 is 0 Å². The molecule has 0 aromatic carbocycles. The lowest BCUT2D eigenvalue weighted by Gasteiger charge is -2.33. The van der Waals surface area contributed by atoms with Crippen LogP contribution in [0.2, 0.25) is 0 Å². The highest BCUT2D eigenvalue weighted by Gasteiger charge is 2.20. The van der Waals surface area contributed by atoms with Crippen molar-refractivity contribution in [2.75, 3.05) is 26.2 Å². The van der Waals surface area contributed by atoms with Gasteiger partial charge < -0.3 is 9.05 Å². The maximum absolute atomic E-state index is 5.38. The Bertz CT molecular complexity index is 807. The Morgan fingerprint density at radius 1 is 1.04 bits per heavy atom. The van der Waals surface area contributed by atoms with Gasteiger partial charge in [0.1, 0.15) is 0 Å². The number of rotatable bonds is 5. The first kappa shape index (κ1) is 15.9. The molecule has 4 rings (SSSR count). The Kier molecular flexibility index (Phi) is 4.53. The second kappa shape index (κ2) is 7.12. The van der Waals surface area contributed by atoms with Crippen LogP contribution in [0.4, 0.5) is 0 Å². The van der Waals surface area contributed by atoms with Crippen LogP contribution in [0.5, 0.6) is 0 Å². The Balaban J connectivity index is 1.29. The van der Waals surface area contributed by atoms with Crippen molar-refractivity contribution in [3.8, 4) is 11.4 Å². The molecular formula is C17H20N6O2. The van der Waals surface area contributed by atoms with Crippen molar-refractivity contribution in [1.82, 2.24) is 30.1 Å². The van der Waals surface area contributed by atoms with Crippen LogP contribution in [0.15, 0.2) is 39.6 Å². The monoisotopic (exact) mass is 340 g/mol. The second-order valence-electron chi connectivity index (χ2n) is 6.24. The fourth-order valence-electron chi connectivity index (χ4n) is 2.94. The van der Waals surface area contributed by atoms with Gasteiger partial charge in [0.05, 0.1) is 18.8 Å². The molecule has 1 aliphatic heterocycles. The van der Waals surface area contributed by atoms with E-state index in [-0.39, 0.29) is 0 Å². The van der Waals surface area contributed by atoms with Gasteiger partial charge in [-0.2, -0.15) is 4.98 Å². The van der Waals surface area contributed by atoms with Crippen LogP contribution in [0.25, 0.3) is 11.4 Å². The quantitative estimate of drug-likeness (QED) is 0.694. The van der Waals surface area contributed by atoms with Gasteiger partial charge in [0.15, 0.2) is 5.76 Å². The first-order valence-electron chi connectivity index (χ1n) is 8.36. The number of hydrogen-bond donors (Lipinski definition) is 0. The van der Waals surface area contributed by atoms with Crippen molar-refractivity contribution in [3.05, 3.63) is 47.9 Å². The summed E-state index contributed by atoms with van der Waals surface area (Å²) in [6.07, 6.45) is 3.46. The number of aryl methyl sites for hydroxylation is 1. The van der Waals surface area contributed by atoms with Gasteiger partial charge in [-0.15, -0.1) is 0 Å². The summed E-state index contributed by atoms with van der Waals surface area (Å²) in [6.45, 7) is 7.28. The molecule has 130 valence electrons. The Hall–Kier alpha value is -2.58. The third-order valence-corrected chi connectivity index (χ3v) is 4.27. The van der Waals surface area contributed by atoms with E-state index in [2.05, 4.69) is 30.1 Å². The molecule has 0 spiro atoms. The zero-order valence-corrected chi connectivity index (χ0v) is 14.1. The van der Waals surface area contributed by atoms with Crippen LogP contribution < -0.4 is 0 Å². The Morgan fingerprint density at radius 3 is 2.52 bits per heavy atom. The summed E-state index contributed by atoms with van der Waals surface area (Å²) < 4.78 is 10.7. The molecular weight excluding hydrogens is 320 g/mol. The minimum absolute atomic E-state index is 0.586. The predicted molar refractivity (Wildman–Crippen MR) is 89.3 cm³/mol. The molecule has 0 unspecified atom stereocenters. The first-order valence-corrected chi connectivity index (χ1v) is 8.36. The van der Waals surface area contributed by atoms with E-state index in [9.17, 15) is 0 Å². The third kappa shape index (κ3) is 3.92. The average Bonchev–Trinajstić information content (AvgIpc) is 3.27. The van der Waals surface area contributed by atoms with Crippen molar-refractivity contribution in [2.45, 2.75) is 20.0 Å².